The lowest BCUT2D eigenvalue weighted by molar-refractivity contribution is -0.147. The molecule has 116 valence electrons. The zero-order chi connectivity index (χ0) is 14.2. The first-order valence-corrected chi connectivity index (χ1v) is 8.79. The van der Waals surface area contributed by atoms with Crippen LogP contribution in [0.1, 0.15) is 64.7 Å². The molecule has 3 rings (SSSR count). The van der Waals surface area contributed by atoms with Gasteiger partial charge in [0.1, 0.15) is 0 Å². The average Bonchev–Trinajstić information content (AvgIpc) is 2.94. The van der Waals surface area contributed by atoms with Crippen molar-refractivity contribution in [3.8, 4) is 0 Å². The summed E-state index contributed by atoms with van der Waals surface area (Å²) in [7, 11) is 0. The van der Waals surface area contributed by atoms with E-state index in [4.69, 9.17) is 5.73 Å². The molecule has 2 heterocycles. The topological polar surface area (TPSA) is 49.5 Å². The van der Waals surface area contributed by atoms with Gasteiger partial charge in [0, 0.05) is 24.5 Å². The Balaban J connectivity index is 1.80. The van der Waals surface area contributed by atoms with Crippen LogP contribution in [0.15, 0.2) is 0 Å². The fourth-order valence-corrected chi connectivity index (χ4v) is 5.36. The van der Waals surface area contributed by atoms with E-state index in [1.54, 1.807) is 0 Å². The first-order chi connectivity index (χ1) is 9.62. The van der Waals surface area contributed by atoms with E-state index in [1.165, 1.54) is 38.6 Å². The van der Waals surface area contributed by atoms with E-state index in [0.717, 1.165) is 38.1 Å². The Kier molecular flexibility index (Phi) is 4.13. The third kappa shape index (κ3) is 2.32. The molecule has 3 aliphatic rings. The molecule has 20 heavy (non-hydrogen) atoms. The summed E-state index contributed by atoms with van der Waals surface area (Å²) in [6.07, 6.45) is 10.6. The Morgan fingerprint density at radius 2 is 2.00 bits per heavy atom. The molecule has 1 saturated carbocycles. The standard InChI is InChI=1S/C17H32N2O/c1-2-14-5-3-7-16(11-14,13-18)17(20)8-10-19-9-4-6-15(19)12-17/h14-15,20H,2-13,18H2,1H3. The predicted octanol–water partition coefficient (Wildman–Crippen LogP) is 2.52. The van der Waals surface area contributed by atoms with Crippen LogP contribution in [0.25, 0.3) is 0 Å². The summed E-state index contributed by atoms with van der Waals surface area (Å²) in [5, 5.41) is 11.5. The van der Waals surface area contributed by atoms with E-state index >= 15 is 0 Å². The lowest BCUT2D eigenvalue weighted by atomic mass is 9.57. The zero-order valence-corrected chi connectivity index (χ0v) is 13.1. The van der Waals surface area contributed by atoms with E-state index in [1.807, 2.05) is 0 Å². The normalized spacial score (nSPS) is 46.4. The molecule has 0 amide bonds. The van der Waals surface area contributed by atoms with Gasteiger partial charge in [-0.25, -0.2) is 0 Å². The Bertz CT molecular complexity index is 348. The van der Waals surface area contributed by atoms with Crippen molar-refractivity contribution in [3.05, 3.63) is 0 Å². The highest BCUT2D eigenvalue weighted by molar-refractivity contribution is 5.07. The number of hydrogen-bond donors (Lipinski definition) is 2. The van der Waals surface area contributed by atoms with Gasteiger partial charge in [-0.1, -0.05) is 26.2 Å². The van der Waals surface area contributed by atoms with Crippen LogP contribution in [-0.4, -0.2) is 41.3 Å². The van der Waals surface area contributed by atoms with Crippen LogP contribution in [0.3, 0.4) is 0 Å². The Hall–Kier alpha value is -0.120. The molecule has 2 saturated heterocycles. The highest BCUT2D eigenvalue weighted by Gasteiger charge is 2.54. The van der Waals surface area contributed by atoms with Crippen LogP contribution < -0.4 is 5.73 Å². The van der Waals surface area contributed by atoms with Crippen molar-refractivity contribution in [3.63, 3.8) is 0 Å². The number of aliphatic hydroxyl groups is 1. The summed E-state index contributed by atoms with van der Waals surface area (Å²) in [6, 6.07) is 0.624. The van der Waals surface area contributed by atoms with Gasteiger partial charge >= 0.3 is 0 Å². The van der Waals surface area contributed by atoms with Gasteiger partial charge in [0.15, 0.2) is 0 Å². The lowest BCUT2D eigenvalue weighted by Gasteiger charge is -2.55. The number of rotatable bonds is 3. The molecule has 0 aromatic carbocycles. The molecule has 3 N–H and O–H groups in total. The van der Waals surface area contributed by atoms with E-state index in [-0.39, 0.29) is 5.41 Å². The molecule has 2 aliphatic heterocycles. The van der Waals surface area contributed by atoms with Crippen LogP contribution >= 0.6 is 0 Å². The van der Waals surface area contributed by atoms with Crippen LogP contribution in [0.5, 0.6) is 0 Å². The molecule has 0 aromatic rings. The quantitative estimate of drug-likeness (QED) is 0.835. The van der Waals surface area contributed by atoms with Crippen molar-refractivity contribution in [2.24, 2.45) is 17.1 Å². The molecule has 3 heteroatoms. The highest BCUT2D eigenvalue weighted by atomic mass is 16.3. The number of piperidine rings is 1. The molecule has 0 bridgehead atoms. The summed E-state index contributed by atoms with van der Waals surface area (Å²) in [4.78, 5) is 2.60. The van der Waals surface area contributed by atoms with Crippen molar-refractivity contribution in [1.82, 2.24) is 4.90 Å². The van der Waals surface area contributed by atoms with Crippen molar-refractivity contribution in [2.75, 3.05) is 19.6 Å². The molecular formula is C17H32N2O. The second kappa shape index (κ2) is 5.58. The van der Waals surface area contributed by atoms with Crippen LogP contribution in [0.2, 0.25) is 0 Å². The zero-order valence-electron chi connectivity index (χ0n) is 13.1. The summed E-state index contributed by atoms with van der Waals surface area (Å²) >= 11 is 0. The lowest BCUT2D eigenvalue weighted by Crippen LogP contribution is -2.60. The molecule has 4 atom stereocenters. The Morgan fingerprint density at radius 1 is 1.15 bits per heavy atom. The van der Waals surface area contributed by atoms with Gasteiger partial charge in [-0.15, -0.1) is 0 Å². The van der Waals surface area contributed by atoms with E-state index in [0.29, 0.717) is 12.6 Å². The maximum Gasteiger partial charge on any atom is 0.0742 e. The van der Waals surface area contributed by atoms with Crippen molar-refractivity contribution in [1.29, 1.82) is 0 Å². The fraction of sp³-hybridized carbons (Fsp3) is 1.00. The second-order valence-corrected chi connectivity index (χ2v) is 7.67. The molecule has 3 nitrogen and oxygen atoms in total. The summed E-state index contributed by atoms with van der Waals surface area (Å²) in [5.74, 6) is 0.776. The fourth-order valence-electron chi connectivity index (χ4n) is 5.36. The maximum atomic E-state index is 11.5. The summed E-state index contributed by atoms with van der Waals surface area (Å²) in [6.45, 7) is 5.29. The van der Waals surface area contributed by atoms with Crippen molar-refractivity contribution in [2.45, 2.75) is 76.4 Å². The van der Waals surface area contributed by atoms with E-state index in [2.05, 4.69) is 11.8 Å². The number of hydrogen-bond acceptors (Lipinski definition) is 3. The van der Waals surface area contributed by atoms with Gasteiger partial charge in [0.05, 0.1) is 5.60 Å². The predicted molar refractivity (Wildman–Crippen MR) is 82.5 cm³/mol. The monoisotopic (exact) mass is 280 g/mol. The highest BCUT2D eigenvalue weighted by Crippen LogP contribution is 2.52. The molecule has 4 unspecified atom stereocenters. The summed E-state index contributed by atoms with van der Waals surface area (Å²) < 4.78 is 0. The molecule has 3 fully saturated rings. The van der Waals surface area contributed by atoms with Gasteiger partial charge in [-0.3, -0.25) is 0 Å². The van der Waals surface area contributed by atoms with Crippen LogP contribution in [0, 0.1) is 11.3 Å². The largest absolute Gasteiger partial charge is 0.389 e. The number of fused-ring (bicyclic) bond motifs is 1. The summed E-state index contributed by atoms with van der Waals surface area (Å²) in [5.41, 5.74) is 5.74. The third-order valence-corrected chi connectivity index (χ3v) is 6.79. The third-order valence-electron chi connectivity index (χ3n) is 6.79. The van der Waals surface area contributed by atoms with Crippen molar-refractivity contribution < 1.29 is 5.11 Å². The average molecular weight is 280 g/mol. The van der Waals surface area contributed by atoms with Gasteiger partial charge in [-0.2, -0.15) is 0 Å². The minimum absolute atomic E-state index is 0.000602. The first-order valence-electron chi connectivity index (χ1n) is 8.79. The Labute approximate surface area is 123 Å². The smallest absolute Gasteiger partial charge is 0.0742 e. The van der Waals surface area contributed by atoms with Gasteiger partial charge in [0.2, 0.25) is 0 Å². The number of nitrogens with two attached hydrogens (primary N) is 1. The maximum absolute atomic E-state index is 11.5. The van der Waals surface area contributed by atoms with Gasteiger partial charge < -0.3 is 15.7 Å². The SMILES string of the molecule is CCC1CCCC(CN)(C2(O)CCN3CCCC3C2)C1. The van der Waals surface area contributed by atoms with Crippen molar-refractivity contribution >= 4 is 0 Å². The molecule has 0 aromatic heterocycles. The second-order valence-electron chi connectivity index (χ2n) is 7.67. The van der Waals surface area contributed by atoms with Crippen LogP contribution in [-0.2, 0) is 0 Å². The van der Waals surface area contributed by atoms with E-state index in [9.17, 15) is 5.11 Å². The number of nitrogens with zero attached hydrogens (tertiary/aromatic N) is 1. The van der Waals surface area contributed by atoms with Crippen LogP contribution in [0.4, 0.5) is 0 Å². The van der Waals surface area contributed by atoms with Gasteiger partial charge in [0.25, 0.3) is 0 Å². The molecule has 0 radical (unpaired) electrons. The minimum atomic E-state index is -0.499. The first kappa shape index (κ1) is 14.8. The van der Waals surface area contributed by atoms with E-state index < -0.39 is 5.60 Å². The molecule has 1 aliphatic carbocycles. The van der Waals surface area contributed by atoms with Gasteiger partial charge in [-0.05, 0) is 51.0 Å². The minimum Gasteiger partial charge on any atom is -0.389 e. The Morgan fingerprint density at radius 3 is 2.75 bits per heavy atom. The molecule has 0 spiro atoms. The molecular weight excluding hydrogens is 248 g/mol.